The van der Waals surface area contributed by atoms with Crippen LogP contribution in [0.25, 0.3) is 20.9 Å². The summed E-state index contributed by atoms with van der Waals surface area (Å²) in [5.74, 6) is -1.92. The molecule has 0 aromatic carbocycles. The van der Waals surface area contributed by atoms with Crippen molar-refractivity contribution in [3.05, 3.63) is 79.2 Å². The lowest BCUT2D eigenvalue weighted by Gasteiger charge is -2.26. The minimum atomic E-state index is -1.83. The first-order chi connectivity index (χ1) is 29.1. The standard InChI is InChI=1S/C16H30O2.C12H16N6O5.C10H14N6O4/c1-3-5-6-7-8-9-10-11-12-13-14-15-16(17)18-4-2;1-6-9(20)12(16-17-14,5-22-7(2)19)23-10(6)18-4-3-8(13)15-11(18)21;1-5-7(18)10(4-17,14-15-12)20-8(5)16-3-2-6(11)13-9(16)19/h4H,2-3,5-15H2,1H3;3-4,6,9-10,20H,5H2,1-2H3,(H2,13,15,21);2-3,5,7-8,17-18H,4H2,1H3,(H2,11,13,19)/t;6-,9-,10+,12+;5-,7-,8+,10+/m.00/s1. The average molecular weight is 861 g/mol. The number of rotatable bonds is 20. The van der Waals surface area contributed by atoms with Crippen LogP contribution in [0.4, 0.5) is 11.6 Å². The number of carbonyl (C=O) groups is 2. The smallest absolute Gasteiger partial charge is 0.351 e. The number of aliphatic hydroxyl groups is 3. The number of nitrogens with zero attached hydrogens (tertiary/aromatic N) is 10. The third-order valence-corrected chi connectivity index (χ3v) is 10.1. The molecule has 0 amide bonds. The van der Waals surface area contributed by atoms with Crippen molar-refractivity contribution in [3.63, 3.8) is 0 Å². The van der Waals surface area contributed by atoms with Crippen molar-refractivity contribution in [2.24, 2.45) is 22.1 Å². The summed E-state index contributed by atoms with van der Waals surface area (Å²) >= 11 is 0. The maximum atomic E-state index is 11.9. The summed E-state index contributed by atoms with van der Waals surface area (Å²) in [6.07, 6.45) is 14.3. The lowest BCUT2D eigenvalue weighted by molar-refractivity contribution is -0.163. The highest BCUT2D eigenvalue weighted by molar-refractivity contribution is 5.69. The van der Waals surface area contributed by atoms with Gasteiger partial charge in [-0.05, 0) is 29.6 Å². The van der Waals surface area contributed by atoms with E-state index in [0.29, 0.717) is 6.42 Å². The molecule has 0 saturated carbocycles. The fourth-order valence-electron chi connectivity index (χ4n) is 6.68. The van der Waals surface area contributed by atoms with Crippen molar-refractivity contribution < 1.29 is 43.9 Å². The quantitative estimate of drug-likeness (QED) is 0.0302. The number of ether oxygens (including phenoxy) is 4. The summed E-state index contributed by atoms with van der Waals surface area (Å²) < 4.78 is 22.8. The van der Waals surface area contributed by atoms with Crippen LogP contribution in [-0.2, 0) is 28.5 Å². The predicted octanol–water partition coefficient (Wildman–Crippen LogP) is 4.65. The molecular weight excluding hydrogens is 800 g/mol. The molecule has 7 N–H and O–H groups in total. The summed E-state index contributed by atoms with van der Waals surface area (Å²) in [6.45, 7) is 8.79. The van der Waals surface area contributed by atoms with Crippen LogP contribution >= 0.6 is 0 Å². The van der Waals surface area contributed by atoms with Crippen LogP contribution in [0.3, 0.4) is 0 Å². The number of hydrogen-bond donors (Lipinski definition) is 5. The fraction of sp³-hybridized carbons (Fsp3) is 0.684. The van der Waals surface area contributed by atoms with E-state index in [0.717, 1.165) is 22.0 Å². The van der Waals surface area contributed by atoms with Crippen LogP contribution in [0.15, 0.2) is 57.2 Å². The Morgan fingerprint density at radius 1 is 0.852 bits per heavy atom. The van der Waals surface area contributed by atoms with Gasteiger partial charge in [-0.2, -0.15) is 9.97 Å². The van der Waals surface area contributed by atoms with E-state index in [1.807, 2.05) is 0 Å². The van der Waals surface area contributed by atoms with E-state index in [9.17, 15) is 34.5 Å². The summed E-state index contributed by atoms with van der Waals surface area (Å²) in [5, 5.41) is 36.6. The minimum Gasteiger partial charge on any atom is -0.463 e. The van der Waals surface area contributed by atoms with Gasteiger partial charge in [-0.25, -0.2) is 9.59 Å². The number of nitrogens with two attached hydrogens (primary N) is 2. The molecule has 2 aliphatic rings. The number of carbonyl (C=O) groups excluding carboxylic acids is 2. The van der Waals surface area contributed by atoms with Gasteiger partial charge in [0, 0.05) is 47.4 Å². The van der Waals surface area contributed by atoms with Gasteiger partial charge in [0.25, 0.3) is 0 Å². The fourth-order valence-corrected chi connectivity index (χ4v) is 6.68. The van der Waals surface area contributed by atoms with Crippen LogP contribution in [0.5, 0.6) is 0 Å². The molecule has 338 valence electrons. The first kappa shape index (κ1) is 51.6. The van der Waals surface area contributed by atoms with E-state index in [2.05, 4.69) is 48.3 Å². The molecule has 23 heteroatoms. The monoisotopic (exact) mass is 860 g/mol. The topological polar surface area (TPSA) is 351 Å². The van der Waals surface area contributed by atoms with Gasteiger partial charge in [0.05, 0.1) is 25.1 Å². The number of aromatic nitrogens is 4. The number of nitrogen functional groups attached to an aromatic ring is 2. The summed E-state index contributed by atoms with van der Waals surface area (Å²) in [6, 6.07) is 2.79. The molecule has 0 unspecified atom stereocenters. The van der Waals surface area contributed by atoms with E-state index in [1.165, 1.54) is 95.5 Å². The molecular formula is C38H60N12O11. The molecule has 0 bridgehead atoms. The molecule has 2 aliphatic heterocycles. The molecule has 2 saturated heterocycles. The van der Waals surface area contributed by atoms with E-state index in [-0.39, 0.29) is 17.6 Å². The molecule has 8 atom stereocenters. The Balaban J connectivity index is 0.000000318. The van der Waals surface area contributed by atoms with Gasteiger partial charge in [0.2, 0.25) is 5.72 Å². The summed E-state index contributed by atoms with van der Waals surface area (Å²) in [4.78, 5) is 58.1. The largest absolute Gasteiger partial charge is 0.463 e. The highest BCUT2D eigenvalue weighted by Gasteiger charge is 2.55. The average Bonchev–Trinajstić information content (AvgIpc) is 3.61. The van der Waals surface area contributed by atoms with Gasteiger partial charge in [-0.1, -0.05) is 102 Å². The van der Waals surface area contributed by atoms with Crippen molar-refractivity contribution in [1.82, 2.24) is 19.1 Å². The molecule has 23 nitrogen and oxygen atoms in total. The van der Waals surface area contributed by atoms with Crippen LogP contribution in [0.2, 0.25) is 0 Å². The Labute approximate surface area is 352 Å². The zero-order chi connectivity index (χ0) is 45.6. The maximum absolute atomic E-state index is 11.9. The van der Waals surface area contributed by atoms with Crippen molar-refractivity contribution in [3.8, 4) is 0 Å². The van der Waals surface area contributed by atoms with Crippen LogP contribution in [0.1, 0.15) is 117 Å². The molecule has 2 fully saturated rings. The van der Waals surface area contributed by atoms with Crippen LogP contribution < -0.4 is 22.8 Å². The summed E-state index contributed by atoms with van der Waals surface area (Å²) in [5.41, 5.74) is 23.1. The molecule has 0 aliphatic carbocycles. The number of esters is 2. The van der Waals surface area contributed by atoms with Gasteiger partial charge in [-0.15, -0.1) is 0 Å². The van der Waals surface area contributed by atoms with E-state index < -0.39 is 78.5 Å². The Hall–Kier alpha value is -5.54. The van der Waals surface area contributed by atoms with Gasteiger partial charge >= 0.3 is 23.3 Å². The van der Waals surface area contributed by atoms with Gasteiger partial charge in [0.15, 0.2) is 5.72 Å². The van der Waals surface area contributed by atoms with E-state index >= 15 is 0 Å². The second-order valence-corrected chi connectivity index (χ2v) is 14.7. The highest BCUT2D eigenvalue weighted by atomic mass is 16.6. The second kappa shape index (κ2) is 25.9. The minimum absolute atomic E-state index is 0.0404. The number of unbranched alkanes of at least 4 members (excludes halogenated alkanes) is 10. The second-order valence-electron chi connectivity index (χ2n) is 14.7. The van der Waals surface area contributed by atoms with Crippen molar-refractivity contribution >= 4 is 23.6 Å². The Morgan fingerprint density at radius 3 is 1.69 bits per heavy atom. The first-order valence-corrected chi connectivity index (χ1v) is 20.1. The number of hydrogen-bond acceptors (Lipinski definition) is 17. The molecule has 61 heavy (non-hydrogen) atoms. The first-order valence-electron chi connectivity index (χ1n) is 20.1. The van der Waals surface area contributed by atoms with Crippen LogP contribution in [-0.4, -0.2) is 83.2 Å². The lowest BCUT2D eigenvalue weighted by Crippen LogP contribution is -2.43. The molecule has 0 spiro atoms. The van der Waals surface area contributed by atoms with Gasteiger partial charge < -0.3 is 45.7 Å². The van der Waals surface area contributed by atoms with Crippen LogP contribution in [0, 0.1) is 11.8 Å². The van der Waals surface area contributed by atoms with Gasteiger partial charge in [0.1, 0.15) is 30.7 Å². The van der Waals surface area contributed by atoms with Crippen molar-refractivity contribution in [2.45, 2.75) is 141 Å². The zero-order valence-corrected chi connectivity index (χ0v) is 35.2. The Bertz CT molecular complexity index is 1940. The Morgan fingerprint density at radius 2 is 1.28 bits per heavy atom. The number of aliphatic hydroxyl groups excluding tert-OH is 3. The zero-order valence-electron chi connectivity index (χ0n) is 35.2. The third kappa shape index (κ3) is 15.2. The molecule has 2 aromatic rings. The van der Waals surface area contributed by atoms with Crippen molar-refractivity contribution in [2.75, 3.05) is 24.7 Å². The number of anilines is 2. The van der Waals surface area contributed by atoms with Crippen molar-refractivity contribution in [1.29, 1.82) is 0 Å². The predicted molar refractivity (Wildman–Crippen MR) is 221 cm³/mol. The number of azide groups is 2. The SMILES string of the molecule is C=COC(=O)CCCCCCCCCCCCC.CC(=O)OC[C@@]1(N=[N+]=[N-])O[C@@H](n2ccc(N)nc2=O)[C@@H](C)[C@@H]1O.C[C@@H]1[C@H](n2ccc(N)nc2=O)O[C@@](CO)(N=[N+]=[N-])[C@H]1O. The molecule has 2 aromatic heterocycles. The molecule has 4 rings (SSSR count). The lowest BCUT2D eigenvalue weighted by atomic mass is 9.98. The Kier molecular flexibility index (Phi) is 21.9. The molecule has 4 heterocycles. The van der Waals surface area contributed by atoms with Gasteiger partial charge in [-0.3, -0.25) is 18.7 Å². The summed E-state index contributed by atoms with van der Waals surface area (Å²) in [7, 11) is 0. The van der Waals surface area contributed by atoms with E-state index in [1.54, 1.807) is 13.8 Å². The highest BCUT2D eigenvalue weighted by Crippen LogP contribution is 2.43. The maximum Gasteiger partial charge on any atom is 0.351 e. The molecule has 0 radical (unpaired) electrons. The van der Waals surface area contributed by atoms with E-state index in [4.69, 9.17) is 36.7 Å². The third-order valence-electron chi connectivity index (χ3n) is 10.1. The normalized spacial score (nSPS) is 25.0.